The van der Waals surface area contributed by atoms with E-state index in [-0.39, 0.29) is 11.1 Å². The molecule has 0 aromatic carbocycles. The van der Waals surface area contributed by atoms with Crippen molar-refractivity contribution in [3.05, 3.63) is 32.7 Å². The van der Waals surface area contributed by atoms with Crippen LogP contribution in [0.2, 0.25) is 0 Å². The second kappa shape index (κ2) is 3.01. The molecule has 0 aliphatic heterocycles. The Morgan fingerprint density at radius 2 is 1.86 bits per heavy atom. The highest BCUT2D eigenvalue weighted by Crippen LogP contribution is 2.23. The van der Waals surface area contributed by atoms with Crippen LogP contribution < -0.4 is 5.56 Å². The number of aromatic nitrogens is 1. The van der Waals surface area contributed by atoms with Gasteiger partial charge in [-0.15, -0.1) is 0 Å². The van der Waals surface area contributed by atoms with E-state index in [1.807, 2.05) is 6.07 Å². The topological polar surface area (TPSA) is 80.4 Å². The first-order valence-electron chi connectivity index (χ1n) is 4.36. The molecule has 4 heteroatoms. The third-order valence-corrected chi connectivity index (χ3v) is 2.48. The molecule has 0 radical (unpaired) electrons. The van der Waals surface area contributed by atoms with E-state index in [2.05, 4.69) is 4.98 Å². The lowest BCUT2D eigenvalue weighted by Crippen LogP contribution is -2.15. The van der Waals surface area contributed by atoms with Crippen LogP contribution in [0, 0.1) is 22.7 Å². The zero-order valence-corrected chi connectivity index (χ0v) is 7.42. The average molecular weight is 185 g/mol. The molecule has 1 aliphatic rings. The van der Waals surface area contributed by atoms with Crippen molar-refractivity contribution in [1.82, 2.24) is 4.98 Å². The molecule has 1 N–H and O–H groups in total. The van der Waals surface area contributed by atoms with Crippen LogP contribution in [0.25, 0.3) is 0 Å². The van der Waals surface area contributed by atoms with E-state index in [4.69, 9.17) is 10.5 Å². The zero-order chi connectivity index (χ0) is 10.1. The van der Waals surface area contributed by atoms with Crippen molar-refractivity contribution in [1.29, 1.82) is 10.5 Å². The van der Waals surface area contributed by atoms with Crippen LogP contribution in [0.4, 0.5) is 0 Å². The number of nitrogens with zero attached hydrogens (tertiary/aromatic N) is 2. The summed E-state index contributed by atoms with van der Waals surface area (Å²) in [6.45, 7) is 0. The summed E-state index contributed by atoms with van der Waals surface area (Å²) < 4.78 is 0. The molecule has 1 aromatic rings. The Kier molecular flexibility index (Phi) is 1.83. The molecule has 68 valence electrons. The summed E-state index contributed by atoms with van der Waals surface area (Å²) in [4.78, 5) is 14.0. The molecular weight excluding hydrogens is 178 g/mol. The van der Waals surface area contributed by atoms with Crippen LogP contribution in [0.3, 0.4) is 0 Å². The number of aryl methyl sites for hydroxylation is 1. The number of nitrogens with one attached hydrogen (secondary N) is 1. The molecule has 0 saturated heterocycles. The number of aromatic amines is 1. The lowest BCUT2D eigenvalue weighted by Gasteiger charge is -2.01. The zero-order valence-electron chi connectivity index (χ0n) is 7.42. The third-order valence-electron chi connectivity index (χ3n) is 2.48. The van der Waals surface area contributed by atoms with E-state index in [0.717, 1.165) is 30.5 Å². The quantitative estimate of drug-likeness (QED) is 0.642. The molecule has 1 heterocycles. The van der Waals surface area contributed by atoms with Gasteiger partial charge in [0.15, 0.2) is 0 Å². The monoisotopic (exact) mass is 185 g/mol. The lowest BCUT2D eigenvalue weighted by atomic mass is 10.0. The van der Waals surface area contributed by atoms with Crippen molar-refractivity contribution in [3.8, 4) is 12.1 Å². The van der Waals surface area contributed by atoms with Gasteiger partial charge in [0.25, 0.3) is 5.56 Å². The van der Waals surface area contributed by atoms with Crippen molar-refractivity contribution in [2.75, 3.05) is 0 Å². The van der Waals surface area contributed by atoms with E-state index in [1.165, 1.54) is 0 Å². The molecule has 14 heavy (non-hydrogen) atoms. The van der Waals surface area contributed by atoms with Gasteiger partial charge in [-0.3, -0.25) is 4.79 Å². The number of hydrogen-bond acceptors (Lipinski definition) is 3. The van der Waals surface area contributed by atoms with Crippen LogP contribution in [-0.2, 0) is 12.8 Å². The van der Waals surface area contributed by atoms with Crippen LogP contribution in [0.1, 0.15) is 28.8 Å². The highest BCUT2D eigenvalue weighted by atomic mass is 16.1. The summed E-state index contributed by atoms with van der Waals surface area (Å²) in [7, 11) is 0. The van der Waals surface area contributed by atoms with Gasteiger partial charge in [0.05, 0.1) is 5.56 Å². The summed E-state index contributed by atoms with van der Waals surface area (Å²) in [5, 5.41) is 17.6. The Hall–Kier alpha value is -2.07. The second-order valence-corrected chi connectivity index (χ2v) is 3.24. The molecular formula is C10H7N3O. The van der Waals surface area contributed by atoms with Crippen molar-refractivity contribution in [2.24, 2.45) is 0 Å². The van der Waals surface area contributed by atoms with Gasteiger partial charge in [-0.25, -0.2) is 0 Å². The number of nitriles is 2. The Bertz CT molecular complexity index is 528. The third kappa shape index (κ3) is 1.02. The fourth-order valence-corrected chi connectivity index (χ4v) is 1.85. The minimum absolute atomic E-state index is 0.0480. The SMILES string of the molecule is N#Cc1c2c([nH]c(=O)c1C#N)CCC2. The van der Waals surface area contributed by atoms with Gasteiger partial charge in [-0.05, 0) is 24.8 Å². The minimum atomic E-state index is -0.440. The van der Waals surface area contributed by atoms with Gasteiger partial charge in [0.2, 0.25) is 0 Å². The molecule has 0 fully saturated rings. The predicted octanol–water partition coefficient (Wildman–Crippen LogP) is 0.607. The van der Waals surface area contributed by atoms with E-state index >= 15 is 0 Å². The summed E-state index contributed by atoms with van der Waals surface area (Å²) in [6.07, 6.45) is 2.52. The van der Waals surface area contributed by atoms with Gasteiger partial charge in [0, 0.05) is 5.69 Å². The molecule has 2 rings (SSSR count). The molecule has 0 amide bonds. The maximum Gasteiger partial charge on any atom is 0.267 e. The Balaban J connectivity index is 2.85. The normalized spacial score (nSPS) is 13.0. The Morgan fingerprint density at radius 1 is 1.14 bits per heavy atom. The summed E-state index contributed by atoms with van der Waals surface area (Å²) >= 11 is 0. The number of hydrogen-bond donors (Lipinski definition) is 1. The van der Waals surface area contributed by atoms with Gasteiger partial charge in [-0.1, -0.05) is 0 Å². The van der Waals surface area contributed by atoms with Crippen LogP contribution in [0.5, 0.6) is 0 Å². The van der Waals surface area contributed by atoms with Crippen LogP contribution >= 0.6 is 0 Å². The first-order chi connectivity index (χ1) is 6.77. The largest absolute Gasteiger partial charge is 0.325 e. The van der Waals surface area contributed by atoms with E-state index in [0.29, 0.717) is 0 Å². The summed E-state index contributed by atoms with van der Waals surface area (Å²) in [6, 6.07) is 3.72. The number of fused-ring (bicyclic) bond motifs is 1. The van der Waals surface area contributed by atoms with E-state index < -0.39 is 5.56 Å². The average Bonchev–Trinajstić information content (AvgIpc) is 2.62. The molecule has 0 bridgehead atoms. The van der Waals surface area contributed by atoms with Crippen molar-refractivity contribution in [2.45, 2.75) is 19.3 Å². The van der Waals surface area contributed by atoms with Gasteiger partial charge in [0.1, 0.15) is 17.7 Å². The highest BCUT2D eigenvalue weighted by Gasteiger charge is 2.20. The predicted molar refractivity (Wildman–Crippen MR) is 48.5 cm³/mol. The van der Waals surface area contributed by atoms with Crippen LogP contribution in [-0.4, -0.2) is 4.98 Å². The van der Waals surface area contributed by atoms with Crippen LogP contribution in [0.15, 0.2) is 4.79 Å². The maximum atomic E-state index is 11.4. The van der Waals surface area contributed by atoms with Crippen molar-refractivity contribution < 1.29 is 0 Å². The molecule has 0 saturated carbocycles. The van der Waals surface area contributed by atoms with Crippen molar-refractivity contribution in [3.63, 3.8) is 0 Å². The standard InChI is InChI=1S/C10H7N3O/c11-4-7-6-2-1-3-9(6)13-10(14)8(7)5-12/h1-3H2,(H,13,14). The van der Waals surface area contributed by atoms with E-state index in [1.54, 1.807) is 6.07 Å². The van der Waals surface area contributed by atoms with Gasteiger partial charge >= 0.3 is 0 Å². The molecule has 1 aliphatic carbocycles. The van der Waals surface area contributed by atoms with Crippen molar-refractivity contribution >= 4 is 0 Å². The van der Waals surface area contributed by atoms with Gasteiger partial charge in [-0.2, -0.15) is 10.5 Å². The number of rotatable bonds is 0. The Morgan fingerprint density at radius 3 is 2.50 bits per heavy atom. The molecule has 1 aromatic heterocycles. The first kappa shape index (κ1) is 8.52. The molecule has 0 atom stereocenters. The summed E-state index contributed by atoms with van der Waals surface area (Å²) in [5.41, 5.74) is 1.45. The fourth-order valence-electron chi connectivity index (χ4n) is 1.85. The highest BCUT2D eigenvalue weighted by molar-refractivity contribution is 5.51. The van der Waals surface area contributed by atoms with Gasteiger partial charge < -0.3 is 4.98 Å². The Labute approximate surface area is 80.4 Å². The summed E-state index contributed by atoms with van der Waals surface area (Å²) in [5.74, 6) is 0. The van der Waals surface area contributed by atoms with E-state index in [9.17, 15) is 4.79 Å². The molecule has 0 spiro atoms. The minimum Gasteiger partial charge on any atom is -0.325 e. The fraction of sp³-hybridized carbons (Fsp3) is 0.300. The lowest BCUT2D eigenvalue weighted by molar-refractivity contribution is 0.897. The number of H-pyrrole nitrogens is 1. The first-order valence-corrected chi connectivity index (χ1v) is 4.36. The molecule has 4 nitrogen and oxygen atoms in total. The molecule has 0 unspecified atom stereocenters. The smallest absolute Gasteiger partial charge is 0.267 e. The maximum absolute atomic E-state index is 11.4. The second-order valence-electron chi connectivity index (χ2n) is 3.24. The number of pyridine rings is 1.